The molecule has 0 aromatic rings. The third-order valence-electron chi connectivity index (χ3n) is 7.83. The molecule has 1 fully saturated rings. The van der Waals surface area contributed by atoms with Crippen LogP contribution in [-0.4, -0.2) is 53.4 Å². The molecule has 1 spiro atoms. The number of hydrogen-bond donors (Lipinski definition) is 3. The number of Topliss-reactive ketones (excluding diaryl/α,β-unsaturated/α-hetero) is 1. The molecule has 31 heavy (non-hydrogen) atoms. The fourth-order valence-corrected chi connectivity index (χ4v) is 6.08. The Labute approximate surface area is 186 Å². The number of ether oxygens (including phenoxy) is 1. The zero-order valence-corrected chi connectivity index (χ0v) is 19.7. The van der Waals surface area contributed by atoms with Crippen LogP contribution >= 0.6 is 0 Å². The third kappa shape index (κ3) is 4.14. The lowest BCUT2D eigenvalue weighted by atomic mass is 9.54. The number of aliphatic hydroxyl groups excluding tert-OH is 2. The molecule has 1 heterocycles. The summed E-state index contributed by atoms with van der Waals surface area (Å²) < 4.78 is 5.45. The zero-order chi connectivity index (χ0) is 23.1. The summed E-state index contributed by atoms with van der Waals surface area (Å²) >= 11 is 0. The molecular weight excluding hydrogens is 394 g/mol. The molecule has 0 aromatic heterocycles. The van der Waals surface area contributed by atoms with Gasteiger partial charge >= 0.3 is 0 Å². The number of allylic oxidation sites excluding steroid dienone is 4. The number of carbonyl (C=O) groups is 2. The summed E-state index contributed by atoms with van der Waals surface area (Å²) in [6, 6.07) is -0.0760. The summed E-state index contributed by atoms with van der Waals surface area (Å²) in [6.07, 6.45) is 2.79. The van der Waals surface area contributed by atoms with Gasteiger partial charge in [-0.3, -0.25) is 9.59 Å². The van der Waals surface area contributed by atoms with Crippen LogP contribution in [0.25, 0.3) is 0 Å². The third-order valence-corrected chi connectivity index (χ3v) is 7.83. The fourth-order valence-electron chi connectivity index (χ4n) is 6.08. The van der Waals surface area contributed by atoms with Crippen LogP contribution in [0.1, 0.15) is 60.3 Å². The van der Waals surface area contributed by atoms with Gasteiger partial charge in [-0.05, 0) is 44.9 Å². The van der Waals surface area contributed by atoms with Crippen molar-refractivity contribution in [2.45, 2.75) is 84.7 Å². The van der Waals surface area contributed by atoms with Crippen molar-refractivity contribution in [2.24, 2.45) is 29.1 Å². The minimum absolute atomic E-state index is 0.0760. The number of carbonyl (C=O) groups excluding carboxylic acids is 2. The highest BCUT2D eigenvalue weighted by Crippen LogP contribution is 2.55. The van der Waals surface area contributed by atoms with E-state index in [1.165, 1.54) is 12.7 Å². The van der Waals surface area contributed by atoms with E-state index in [9.17, 15) is 19.8 Å². The molecule has 0 radical (unpaired) electrons. The summed E-state index contributed by atoms with van der Waals surface area (Å²) in [5.41, 5.74) is 0.994. The maximum absolute atomic E-state index is 14.0. The van der Waals surface area contributed by atoms with E-state index in [1.54, 1.807) is 0 Å². The van der Waals surface area contributed by atoms with E-state index in [-0.39, 0.29) is 41.9 Å². The second kappa shape index (κ2) is 9.16. The molecule has 3 aliphatic rings. The summed E-state index contributed by atoms with van der Waals surface area (Å²) in [7, 11) is 1.44. The Bertz CT molecular complexity index is 772. The van der Waals surface area contributed by atoms with Gasteiger partial charge < -0.3 is 20.3 Å². The maximum atomic E-state index is 14.0. The highest BCUT2D eigenvalue weighted by atomic mass is 16.5. The van der Waals surface area contributed by atoms with Crippen LogP contribution < -0.4 is 5.32 Å². The Hall–Kier alpha value is -1.50. The normalized spacial score (nSPS) is 43.3. The van der Waals surface area contributed by atoms with Gasteiger partial charge in [-0.15, -0.1) is 0 Å². The van der Waals surface area contributed by atoms with Crippen molar-refractivity contribution in [3.8, 4) is 0 Å². The largest absolute Gasteiger partial charge is 0.390 e. The Balaban J connectivity index is 2.19. The lowest BCUT2D eigenvalue weighted by molar-refractivity contribution is -0.149. The SMILES string of the molecule is CO[C@@H]1CC(=O)[C@@]23C(=O)N[C@@H](CC(C)C)[C@@H]2[C@H](C)C(C)=C[C@@H]3/C=C(\C)CC[C@@H](O)[C@H]1O. The first-order chi connectivity index (χ1) is 14.5. The molecule has 0 unspecified atom stereocenters. The molecule has 0 bridgehead atoms. The average molecular weight is 434 g/mol. The van der Waals surface area contributed by atoms with E-state index in [2.05, 4.69) is 39.1 Å². The lowest BCUT2D eigenvalue weighted by Crippen LogP contribution is -2.54. The predicted molar refractivity (Wildman–Crippen MR) is 119 cm³/mol. The second-order valence-electron chi connectivity index (χ2n) is 10.3. The first kappa shape index (κ1) is 24.1. The maximum Gasteiger partial charge on any atom is 0.235 e. The van der Waals surface area contributed by atoms with Crippen LogP contribution in [0.3, 0.4) is 0 Å². The number of nitrogens with one attached hydrogen (secondary N) is 1. The molecule has 1 amide bonds. The van der Waals surface area contributed by atoms with Gasteiger partial charge in [0.25, 0.3) is 0 Å². The summed E-state index contributed by atoms with van der Waals surface area (Å²) in [5.74, 6) is -0.445. The van der Waals surface area contributed by atoms with Crippen molar-refractivity contribution in [2.75, 3.05) is 7.11 Å². The predicted octanol–water partition coefficient (Wildman–Crippen LogP) is 2.78. The van der Waals surface area contributed by atoms with E-state index < -0.39 is 23.7 Å². The van der Waals surface area contributed by atoms with Gasteiger partial charge in [0.2, 0.25) is 5.91 Å². The Kier molecular flexibility index (Phi) is 7.14. The molecule has 1 saturated heterocycles. The second-order valence-corrected chi connectivity index (χ2v) is 10.3. The number of methoxy groups -OCH3 is 1. The van der Waals surface area contributed by atoms with Gasteiger partial charge in [-0.25, -0.2) is 0 Å². The van der Waals surface area contributed by atoms with Gasteiger partial charge in [-0.1, -0.05) is 44.1 Å². The van der Waals surface area contributed by atoms with E-state index in [4.69, 9.17) is 4.74 Å². The highest BCUT2D eigenvalue weighted by molar-refractivity contribution is 6.09. The monoisotopic (exact) mass is 433 g/mol. The summed E-state index contributed by atoms with van der Waals surface area (Å²) in [6.45, 7) is 10.4. The molecule has 0 saturated carbocycles. The van der Waals surface area contributed by atoms with Crippen LogP contribution in [-0.2, 0) is 14.3 Å². The molecule has 6 heteroatoms. The van der Waals surface area contributed by atoms with E-state index in [0.29, 0.717) is 18.8 Å². The van der Waals surface area contributed by atoms with Gasteiger partial charge in [0.15, 0.2) is 5.78 Å². The zero-order valence-electron chi connectivity index (χ0n) is 19.7. The van der Waals surface area contributed by atoms with Crippen LogP contribution in [0.15, 0.2) is 23.3 Å². The smallest absolute Gasteiger partial charge is 0.235 e. The molecule has 0 aromatic carbocycles. The number of rotatable bonds is 3. The van der Waals surface area contributed by atoms with Crippen molar-refractivity contribution >= 4 is 11.7 Å². The molecule has 2 aliphatic carbocycles. The van der Waals surface area contributed by atoms with Gasteiger partial charge in [0.1, 0.15) is 11.5 Å². The molecule has 3 N–H and O–H groups in total. The van der Waals surface area contributed by atoms with Crippen molar-refractivity contribution in [1.29, 1.82) is 0 Å². The van der Waals surface area contributed by atoms with Crippen molar-refractivity contribution in [3.63, 3.8) is 0 Å². The minimum Gasteiger partial charge on any atom is -0.390 e. The molecule has 8 atom stereocenters. The fraction of sp³-hybridized carbons (Fsp3) is 0.760. The quantitative estimate of drug-likeness (QED) is 0.470. The molecular formula is C25H39NO5. The number of ketones is 1. The van der Waals surface area contributed by atoms with Gasteiger partial charge in [0.05, 0.1) is 12.2 Å². The van der Waals surface area contributed by atoms with E-state index in [1.807, 2.05) is 13.0 Å². The highest BCUT2D eigenvalue weighted by Gasteiger charge is 2.65. The molecule has 1 aliphatic heterocycles. The Morgan fingerprint density at radius 1 is 1.23 bits per heavy atom. The van der Waals surface area contributed by atoms with E-state index in [0.717, 1.165) is 12.0 Å². The van der Waals surface area contributed by atoms with Gasteiger partial charge in [0, 0.05) is 31.4 Å². The molecule has 174 valence electrons. The lowest BCUT2D eigenvalue weighted by Gasteiger charge is -2.45. The van der Waals surface area contributed by atoms with Crippen LogP contribution in [0.2, 0.25) is 0 Å². The number of aliphatic hydroxyl groups is 2. The van der Waals surface area contributed by atoms with Crippen molar-refractivity contribution in [3.05, 3.63) is 23.3 Å². The standard InChI is InChI=1S/C25H39NO5/c1-13(2)9-18-22-16(5)15(4)11-17-10-14(3)7-8-19(27)23(29)20(31-6)12-21(28)25(17,22)24(30)26-18/h10-11,13,16-20,22-23,27,29H,7-9,12H2,1-6H3,(H,26,30)/b14-10+/t16-,17+,18+,19-,20-,22+,23-,25-/m1/s1. The van der Waals surface area contributed by atoms with Crippen molar-refractivity contribution in [1.82, 2.24) is 5.32 Å². The molecule has 3 rings (SSSR count). The number of amides is 1. The van der Waals surface area contributed by atoms with E-state index >= 15 is 0 Å². The Morgan fingerprint density at radius 2 is 1.90 bits per heavy atom. The first-order valence-electron chi connectivity index (χ1n) is 11.6. The Morgan fingerprint density at radius 3 is 2.52 bits per heavy atom. The average Bonchev–Trinajstić information content (AvgIpc) is 2.98. The van der Waals surface area contributed by atoms with Crippen molar-refractivity contribution < 1.29 is 24.5 Å². The van der Waals surface area contributed by atoms with Crippen LogP contribution in [0, 0.1) is 29.1 Å². The molecule has 6 nitrogen and oxygen atoms in total. The summed E-state index contributed by atoms with van der Waals surface area (Å²) in [4.78, 5) is 27.7. The topological polar surface area (TPSA) is 95.9 Å². The van der Waals surface area contributed by atoms with Crippen LogP contribution in [0.4, 0.5) is 0 Å². The van der Waals surface area contributed by atoms with Gasteiger partial charge in [-0.2, -0.15) is 0 Å². The van der Waals surface area contributed by atoms with Crippen LogP contribution in [0.5, 0.6) is 0 Å². The summed E-state index contributed by atoms with van der Waals surface area (Å²) in [5, 5.41) is 24.3. The first-order valence-corrected chi connectivity index (χ1v) is 11.6. The number of hydrogen-bond acceptors (Lipinski definition) is 5. The minimum atomic E-state index is -1.22.